The fraction of sp³-hybridized carbons (Fsp3) is 0.900. The lowest BCUT2D eigenvalue weighted by Gasteiger charge is -2.24. The fourth-order valence-electron chi connectivity index (χ4n) is 1.99. The lowest BCUT2D eigenvalue weighted by molar-refractivity contribution is -0.143. The van der Waals surface area contributed by atoms with E-state index in [4.69, 9.17) is 5.11 Å². The summed E-state index contributed by atoms with van der Waals surface area (Å²) >= 11 is 0. The van der Waals surface area contributed by atoms with Crippen molar-refractivity contribution in [1.82, 2.24) is 0 Å². The Balaban J connectivity index is 2.69. The second kappa shape index (κ2) is 2.48. The van der Waals surface area contributed by atoms with Gasteiger partial charge in [0.1, 0.15) is 0 Å². The molecule has 1 saturated carbocycles. The highest BCUT2D eigenvalue weighted by atomic mass is 16.4. The van der Waals surface area contributed by atoms with Gasteiger partial charge in [-0.05, 0) is 24.7 Å². The molecule has 2 unspecified atom stereocenters. The quantitative estimate of drug-likeness (QED) is 0.706. The highest BCUT2D eigenvalue weighted by Gasteiger charge is 2.61. The third-order valence-corrected chi connectivity index (χ3v) is 3.58. The van der Waals surface area contributed by atoms with Gasteiger partial charge in [-0.25, -0.2) is 0 Å². The monoisotopic (exact) mass is 170 g/mol. The molecule has 1 aliphatic rings. The van der Waals surface area contributed by atoms with Crippen LogP contribution in [-0.4, -0.2) is 11.1 Å². The molecule has 0 saturated heterocycles. The van der Waals surface area contributed by atoms with E-state index in [-0.39, 0.29) is 5.41 Å². The van der Waals surface area contributed by atoms with E-state index >= 15 is 0 Å². The van der Waals surface area contributed by atoms with Gasteiger partial charge in [0.2, 0.25) is 0 Å². The zero-order chi connectivity index (χ0) is 9.57. The molecule has 0 aliphatic heterocycles. The molecule has 1 N–H and O–H groups in total. The molecule has 0 spiro atoms. The van der Waals surface area contributed by atoms with Gasteiger partial charge in [0.25, 0.3) is 0 Å². The SMILES string of the molecule is CCC(C)(C)C1CC1(C)C(=O)O. The van der Waals surface area contributed by atoms with Crippen LogP contribution < -0.4 is 0 Å². The van der Waals surface area contributed by atoms with E-state index in [1.807, 2.05) is 6.92 Å². The van der Waals surface area contributed by atoms with Crippen LogP contribution in [0, 0.1) is 16.7 Å². The van der Waals surface area contributed by atoms with Gasteiger partial charge in [0, 0.05) is 0 Å². The topological polar surface area (TPSA) is 37.3 Å². The number of hydrogen-bond donors (Lipinski definition) is 1. The Bertz CT molecular complexity index is 208. The minimum atomic E-state index is -0.631. The van der Waals surface area contributed by atoms with Crippen LogP contribution in [0.1, 0.15) is 40.5 Å². The average Bonchev–Trinajstić information content (AvgIpc) is 2.65. The Labute approximate surface area is 74.0 Å². The molecule has 0 aromatic heterocycles. The van der Waals surface area contributed by atoms with E-state index in [9.17, 15) is 4.79 Å². The normalized spacial score (nSPS) is 34.8. The predicted octanol–water partition coefficient (Wildman–Crippen LogP) is 2.53. The molecule has 0 aromatic rings. The molecule has 70 valence electrons. The second-order valence-corrected chi connectivity index (χ2v) is 4.82. The number of rotatable bonds is 3. The van der Waals surface area contributed by atoms with Crippen molar-refractivity contribution in [3.63, 3.8) is 0 Å². The molecular formula is C10H18O2. The van der Waals surface area contributed by atoms with Gasteiger partial charge in [0.05, 0.1) is 5.41 Å². The van der Waals surface area contributed by atoms with Crippen molar-refractivity contribution in [3.8, 4) is 0 Å². The second-order valence-electron chi connectivity index (χ2n) is 4.82. The number of carboxylic acids is 1. The van der Waals surface area contributed by atoms with Gasteiger partial charge < -0.3 is 5.11 Å². The molecule has 0 bridgehead atoms. The van der Waals surface area contributed by atoms with Crippen LogP contribution in [0.3, 0.4) is 0 Å². The van der Waals surface area contributed by atoms with Gasteiger partial charge in [0.15, 0.2) is 0 Å². The Morgan fingerprint density at radius 2 is 2.17 bits per heavy atom. The van der Waals surface area contributed by atoms with Crippen LogP contribution in [0.2, 0.25) is 0 Å². The first-order chi connectivity index (χ1) is 5.34. The molecule has 0 radical (unpaired) electrons. The molecule has 2 nitrogen and oxygen atoms in total. The van der Waals surface area contributed by atoms with Crippen molar-refractivity contribution in [1.29, 1.82) is 0 Å². The van der Waals surface area contributed by atoms with Crippen LogP contribution in [0.25, 0.3) is 0 Å². The minimum Gasteiger partial charge on any atom is -0.481 e. The molecule has 2 heteroatoms. The molecule has 1 fully saturated rings. The number of carbonyl (C=O) groups is 1. The van der Waals surface area contributed by atoms with Crippen molar-refractivity contribution < 1.29 is 9.90 Å². The lowest BCUT2D eigenvalue weighted by atomic mass is 9.81. The third kappa shape index (κ3) is 1.23. The molecule has 1 aliphatic carbocycles. The van der Waals surface area contributed by atoms with Gasteiger partial charge in [-0.2, -0.15) is 0 Å². The summed E-state index contributed by atoms with van der Waals surface area (Å²) in [5, 5.41) is 8.94. The Hall–Kier alpha value is -0.530. The van der Waals surface area contributed by atoms with Gasteiger partial charge in [-0.15, -0.1) is 0 Å². The lowest BCUT2D eigenvalue weighted by Crippen LogP contribution is -2.22. The standard InChI is InChI=1S/C10H18O2/c1-5-9(2,3)7-6-10(7,4)8(11)12/h7H,5-6H2,1-4H3,(H,11,12). The maximum atomic E-state index is 10.9. The summed E-state index contributed by atoms with van der Waals surface area (Å²) in [7, 11) is 0. The first kappa shape index (κ1) is 9.56. The predicted molar refractivity (Wildman–Crippen MR) is 47.9 cm³/mol. The van der Waals surface area contributed by atoms with Crippen LogP contribution in [0.15, 0.2) is 0 Å². The Kier molecular flexibility index (Phi) is 1.97. The largest absolute Gasteiger partial charge is 0.481 e. The van der Waals surface area contributed by atoms with E-state index in [0.717, 1.165) is 12.8 Å². The zero-order valence-corrected chi connectivity index (χ0v) is 8.35. The van der Waals surface area contributed by atoms with E-state index in [1.165, 1.54) is 0 Å². The maximum Gasteiger partial charge on any atom is 0.309 e. The highest BCUT2D eigenvalue weighted by Crippen LogP contribution is 2.61. The first-order valence-corrected chi connectivity index (χ1v) is 4.58. The average molecular weight is 170 g/mol. The van der Waals surface area contributed by atoms with E-state index in [2.05, 4.69) is 20.8 Å². The summed E-state index contributed by atoms with van der Waals surface area (Å²) in [5.41, 5.74) is -0.243. The minimum absolute atomic E-state index is 0.188. The maximum absolute atomic E-state index is 10.9. The van der Waals surface area contributed by atoms with Crippen molar-refractivity contribution in [2.24, 2.45) is 16.7 Å². The van der Waals surface area contributed by atoms with Crippen LogP contribution in [0.4, 0.5) is 0 Å². The molecule has 12 heavy (non-hydrogen) atoms. The van der Waals surface area contributed by atoms with Crippen LogP contribution >= 0.6 is 0 Å². The van der Waals surface area contributed by atoms with Gasteiger partial charge in [-0.1, -0.05) is 27.2 Å². The third-order valence-electron chi connectivity index (χ3n) is 3.58. The van der Waals surface area contributed by atoms with E-state index in [1.54, 1.807) is 0 Å². The molecule has 2 atom stereocenters. The summed E-state index contributed by atoms with van der Waals surface area (Å²) in [4.78, 5) is 10.9. The number of aliphatic carboxylic acids is 1. The van der Waals surface area contributed by atoms with Crippen LogP contribution in [-0.2, 0) is 4.79 Å². The molecule has 0 heterocycles. The summed E-state index contributed by atoms with van der Waals surface area (Å²) in [6, 6.07) is 0. The van der Waals surface area contributed by atoms with Gasteiger partial charge in [-0.3, -0.25) is 4.79 Å². The highest BCUT2D eigenvalue weighted by molar-refractivity contribution is 5.78. The number of hydrogen-bond acceptors (Lipinski definition) is 1. The van der Waals surface area contributed by atoms with Crippen LogP contribution in [0.5, 0.6) is 0 Å². The summed E-state index contributed by atoms with van der Waals surface area (Å²) in [6.45, 7) is 8.30. The fourth-order valence-corrected chi connectivity index (χ4v) is 1.99. The summed E-state index contributed by atoms with van der Waals surface area (Å²) < 4.78 is 0. The van der Waals surface area contributed by atoms with E-state index < -0.39 is 11.4 Å². The molecule has 0 aromatic carbocycles. The first-order valence-electron chi connectivity index (χ1n) is 4.58. The van der Waals surface area contributed by atoms with E-state index in [0.29, 0.717) is 5.92 Å². The summed E-state index contributed by atoms with van der Waals surface area (Å²) in [5.74, 6) is -0.262. The Morgan fingerprint density at radius 1 is 1.67 bits per heavy atom. The zero-order valence-electron chi connectivity index (χ0n) is 8.35. The Morgan fingerprint density at radius 3 is 2.42 bits per heavy atom. The number of carboxylic acid groups (broad SMARTS) is 1. The van der Waals surface area contributed by atoms with Crippen molar-refractivity contribution in [3.05, 3.63) is 0 Å². The van der Waals surface area contributed by atoms with Gasteiger partial charge >= 0.3 is 5.97 Å². The summed E-state index contributed by atoms with van der Waals surface area (Å²) in [6.07, 6.45) is 1.91. The molecule has 1 rings (SSSR count). The van der Waals surface area contributed by atoms with Crippen molar-refractivity contribution in [2.45, 2.75) is 40.5 Å². The smallest absolute Gasteiger partial charge is 0.309 e. The molecular weight excluding hydrogens is 152 g/mol. The van der Waals surface area contributed by atoms with Crippen molar-refractivity contribution in [2.75, 3.05) is 0 Å². The molecule has 0 amide bonds. The van der Waals surface area contributed by atoms with Crippen molar-refractivity contribution >= 4 is 5.97 Å².